The molecule has 1 N–H and O–H groups in total. The van der Waals surface area contributed by atoms with Crippen molar-refractivity contribution >= 4 is 33.1 Å². The highest BCUT2D eigenvalue weighted by Gasteiger charge is 2.58. The number of nitrogens with zero attached hydrogens (tertiary/aromatic N) is 1. The maximum Gasteiger partial charge on any atom is 0.264 e. The average Bonchev–Trinajstić information content (AvgIpc) is 3.57. The van der Waals surface area contributed by atoms with Gasteiger partial charge in [0.2, 0.25) is 10.0 Å². The minimum atomic E-state index is -3.76. The van der Waals surface area contributed by atoms with Crippen LogP contribution in [0.2, 0.25) is 0 Å². The fraction of sp³-hybridized carbons (Fsp3) is 0.467. The minimum absolute atomic E-state index is 0.127. The molecule has 2 heterocycles. The molecule has 2 saturated carbocycles. The van der Waals surface area contributed by atoms with Crippen molar-refractivity contribution in [3.8, 4) is 17.0 Å². The molecule has 2 fully saturated rings. The number of nitrogens with one attached hydrogen (secondary N) is 1. The molecule has 1 aromatic heterocycles. The van der Waals surface area contributed by atoms with Crippen LogP contribution in [0.1, 0.15) is 85.7 Å². The summed E-state index contributed by atoms with van der Waals surface area (Å²) in [5.74, 6) is 0.662. The van der Waals surface area contributed by atoms with Gasteiger partial charge < -0.3 is 14.1 Å². The third-order valence-electron chi connectivity index (χ3n) is 8.93. The number of methoxy groups -OCH3 is 1. The fourth-order valence-electron chi connectivity index (χ4n) is 6.63. The van der Waals surface area contributed by atoms with E-state index >= 15 is 0 Å². The van der Waals surface area contributed by atoms with Crippen LogP contribution in [-0.4, -0.2) is 37.5 Å². The summed E-state index contributed by atoms with van der Waals surface area (Å²) in [5.41, 5.74) is 5.37. The van der Waals surface area contributed by atoms with E-state index < -0.39 is 26.6 Å². The Morgan fingerprint density at radius 3 is 2.58 bits per heavy atom. The van der Waals surface area contributed by atoms with E-state index in [2.05, 4.69) is 21.4 Å². The molecule has 1 aliphatic heterocycles. The number of aromatic nitrogens is 1. The molecule has 2 unspecified atom stereocenters. The van der Waals surface area contributed by atoms with E-state index in [-0.39, 0.29) is 5.92 Å². The molecule has 0 radical (unpaired) electrons. The molecule has 0 saturated heterocycles. The van der Waals surface area contributed by atoms with Crippen molar-refractivity contribution in [1.29, 1.82) is 0 Å². The molecule has 8 heteroatoms. The standard InChI is InChI=1S/C30H34N2O5S/c1-18(2)38(35,36)31-29(34)20-9-11-23-26(13-20)32-16-30(17-33)15-25(30)24-14-21(37-3)10-12-22(24)28(32)27(23)19-7-5-4-6-8-19/h9-14,17-19,25H,4-8,15-16H2,1-3H3,(H,31,34). The van der Waals surface area contributed by atoms with Crippen LogP contribution < -0.4 is 9.46 Å². The van der Waals surface area contributed by atoms with Gasteiger partial charge in [0.05, 0.1) is 23.5 Å². The van der Waals surface area contributed by atoms with Crippen LogP contribution in [0.5, 0.6) is 5.75 Å². The maximum atomic E-state index is 13.0. The number of ether oxygens (including phenoxy) is 1. The SMILES string of the molecule is COc1ccc2c(c1)C1CC1(C=O)Cn1c-2c(C2CCCCC2)c2ccc(C(=O)NS(=O)(=O)C(C)C)cc21. The van der Waals surface area contributed by atoms with E-state index in [1.54, 1.807) is 33.1 Å². The van der Waals surface area contributed by atoms with Gasteiger partial charge in [0.15, 0.2) is 0 Å². The highest BCUT2D eigenvalue weighted by atomic mass is 32.2. The monoisotopic (exact) mass is 534 g/mol. The van der Waals surface area contributed by atoms with Crippen molar-refractivity contribution < 1.29 is 22.7 Å². The van der Waals surface area contributed by atoms with E-state index in [0.29, 0.717) is 18.0 Å². The lowest BCUT2D eigenvalue weighted by Gasteiger charge is -2.24. The predicted octanol–water partition coefficient (Wildman–Crippen LogP) is 5.52. The minimum Gasteiger partial charge on any atom is -0.497 e. The van der Waals surface area contributed by atoms with Crippen LogP contribution in [0, 0.1) is 5.41 Å². The number of hydrogen-bond acceptors (Lipinski definition) is 5. The lowest BCUT2D eigenvalue weighted by atomic mass is 9.81. The van der Waals surface area contributed by atoms with Crippen LogP contribution in [0.15, 0.2) is 36.4 Å². The van der Waals surface area contributed by atoms with Gasteiger partial charge in [-0.15, -0.1) is 0 Å². The van der Waals surface area contributed by atoms with Crippen molar-refractivity contribution in [1.82, 2.24) is 9.29 Å². The number of carbonyl (C=O) groups excluding carboxylic acids is 2. The molecule has 7 nitrogen and oxygen atoms in total. The Kier molecular flexibility index (Phi) is 5.94. The van der Waals surface area contributed by atoms with Crippen molar-refractivity contribution in [2.45, 2.75) is 76.0 Å². The topological polar surface area (TPSA) is 94.5 Å². The Balaban J connectivity index is 1.59. The maximum absolute atomic E-state index is 13.0. The average molecular weight is 535 g/mol. The fourth-order valence-corrected chi connectivity index (χ4v) is 7.24. The lowest BCUT2D eigenvalue weighted by molar-refractivity contribution is -0.112. The molecule has 6 rings (SSSR count). The summed E-state index contributed by atoms with van der Waals surface area (Å²) in [6, 6.07) is 11.7. The van der Waals surface area contributed by atoms with Gasteiger partial charge in [0, 0.05) is 28.6 Å². The summed E-state index contributed by atoms with van der Waals surface area (Å²) in [7, 11) is -2.10. The Bertz CT molecular complexity index is 1560. The Morgan fingerprint density at radius 2 is 1.89 bits per heavy atom. The normalized spacial score (nSPS) is 22.8. The number of carbonyl (C=O) groups is 2. The van der Waals surface area contributed by atoms with Crippen molar-refractivity contribution in [2.24, 2.45) is 5.41 Å². The zero-order chi connectivity index (χ0) is 26.8. The lowest BCUT2D eigenvalue weighted by Crippen LogP contribution is -2.35. The molecule has 1 amide bonds. The highest BCUT2D eigenvalue weighted by molar-refractivity contribution is 7.90. The van der Waals surface area contributed by atoms with Gasteiger partial charge in [-0.2, -0.15) is 0 Å². The molecule has 38 heavy (non-hydrogen) atoms. The number of sulfonamides is 1. The summed E-state index contributed by atoms with van der Waals surface area (Å²) in [4.78, 5) is 25.6. The van der Waals surface area contributed by atoms with Gasteiger partial charge in [0.1, 0.15) is 12.0 Å². The summed E-state index contributed by atoms with van der Waals surface area (Å²) < 4.78 is 34.8. The van der Waals surface area contributed by atoms with E-state index in [0.717, 1.165) is 59.0 Å². The molecule has 3 aliphatic rings. The predicted molar refractivity (Wildman–Crippen MR) is 147 cm³/mol. The molecule has 0 bridgehead atoms. The van der Waals surface area contributed by atoms with Crippen LogP contribution in [0.4, 0.5) is 0 Å². The van der Waals surface area contributed by atoms with E-state index in [4.69, 9.17) is 4.74 Å². The second-order valence-corrected chi connectivity index (χ2v) is 13.7. The number of benzene rings is 2. The molecule has 2 atom stereocenters. The Morgan fingerprint density at radius 1 is 1.13 bits per heavy atom. The Hall–Kier alpha value is -3.13. The summed E-state index contributed by atoms with van der Waals surface area (Å²) in [6.45, 7) is 3.62. The third kappa shape index (κ3) is 3.87. The van der Waals surface area contributed by atoms with Gasteiger partial charge in [-0.1, -0.05) is 25.3 Å². The molecule has 0 spiro atoms. The number of amides is 1. The summed E-state index contributed by atoms with van der Waals surface area (Å²) >= 11 is 0. The van der Waals surface area contributed by atoms with Crippen LogP contribution in [0.25, 0.3) is 22.2 Å². The quantitative estimate of drug-likeness (QED) is 0.420. The van der Waals surface area contributed by atoms with Crippen molar-refractivity contribution in [3.63, 3.8) is 0 Å². The smallest absolute Gasteiger partial charge is 0.264 e. The largest absolute Gasteiger partial charge is 0.497 e. The van der Waals surface area contributed by atoms with Gasteiger partial charge in [0.25, 0.3) is 5.91 Å². The van der Waals surface area contributed by atoms with Crippen LogP contribution in [-0.2, 0) is 21.4 Å². The zero-order valence-electron chi connectivity index (χ0n) is 22.1. The number of aldehydes is 1. The van der Waals surface area contributed by atoms with E-state index in [9.17, 15) is 18.0 Å². The zero-order valence-corrected chi connectivity index (χ0v) is 22.9. The first-order chi connectivity index (χ1) is 18.2. The van der Waals surface area contributed by atoms with Crippen LogP contribution >= 0.6 is 0 Å². The van der Waals surface area contributed by atoms with Crippen LogP contribution in [0.3, 0.4) is 0 Å². The molecule has 200 valence electrons. The number of fused-ring (bicyclic) bond motifs is 7. The third-order valence-corrected chi connectivity index (χ3v) is 10.6. The van der Waals surface area contributed by atoms with E-state index in [1.165, 1.54) is 24.8 Å². The summed E-state index contributed by atoms with van der Waals surface area (Å²) in [5, 5.41) is 0.363. The first-order valence-electron chi connectivity index (χ1n) is 13.6. The second kappa shape index (κ2) is 8.97. The number of rotatable bonds is 6. The molecular formula is C30H34N2O5S. The molecule has 2 aromatic carbocycles. The second-order valence-electron chi connectivity index (χ2n) is 11.5. The molecule has 2 aliphatic carbocycles. The van der Waals surface area contributed by atoms with E-state index in [1.807, 2.05) is 12.1 Å². The van der Waals surface area contributed by atoms with Gasteiger partial charge in [-0.05, 0) is 86.4 Å². The van der Waals surface area contributed by atoms with Gasteiger partial charge >= 0.3 is 0 Å². The highest BCUT2D eigenvalue weighted by Crippen LogP contribution is 2.64. The van der Waals surface area contributed by atoms with Gasteiger partial charge in [-0.25, -0.2) is 13.1 Å². The van der Waals surface area contributed by atoms with Crippen molar-refractivity contribution in [2.75, 3.05) is 7.11 Å². The molecule has 3 aromatic rings. The number of hydrogen-bond donors (Lipinski definition) is 1. The Labute approximate surface area is 223 Å². The first kappa shape index (κ1) is 25.2. The first-order valence-corrected chi connectivity index (χ1v) is 15.1. The van der Waals surface area contributed by atoms with Crippen molar-refractivity contribution in [3.05, 3.63) is 53.1 Å². The van der Waals surface area contributed by atoms with Gasteiger partial charge in [-0.3, -0.25) is 4.79 Å². The molecular weight excluding hydrogens is 500 g/mol. The summed E-state index contributed by atoms with van der Waals surface area (Å²) in [6.07, 6.45) is 7.70.